The van der Waals surface area contributed by atoms with Gasteiger partial charge in [-0.05, 0) is 56.5 Å². The van der Waals surface area contributed by atoms with Crippen molar-refractivity contribution in [2.75, 3.05) is 31.5 Å². The molecule has 0 spiro atoms. The third-order valence-electron chi connectivity index (χ3n) is 5.32. The van der Waals surface area contributed by atoms with E-state index in [1.54, 1.807) is 0 Å². The second kappa shape index (κ2) is 6.43. The smallest absolute Gasteiger partial charge is 0.319 e. The molecule has 2 amide bonds. The normalized spacial score (nSPS) is 25.8. The van der Waals surface area contributed by atoms with E-state index in [0.717, 1.165) is 35.5 Å². The number of urea groups is 1. The molecule has 1 aromatic carbocycles. The Morgan fingerprint density at radius 1 is 1.33 bits per heavy atom. The van der Waals surface area contributed by atoms with Crippen molar-refractivity contribution < 1.29 is 4.79 Å². The Morgan fingerprint density at radius 2 is 2.17 bits per heavy atom. The van der Waals surface area contributed by atoms with Gasteiger partial charge in [-0.2, -0.15) is 5.10 Å². The molecule has 0 radical (unpaired) electrons. The first-order chi connectivity index (χ1) is 11.7. The van der Waals surface area contributed by atoms with Crippen LogP contribution in [0.3, 0.4) is 0 Å². The highest BCUT2D eigenvalue weighted by Gasteiger charge is 2.36. The molecule has 3 saturated heterocycles. The first kappa shape index (κ1) is 15.4. The third-order valence-corrected chi connectivity index (χ3v) is 5.32. The molecule has 6 heteroatoms. The first-order valence-corrected chi connectivity index (χ1v) is 8.99. The van der Waals surface area contributed by atoms with Crippen LogP contribution in [-0.2, 0) is 0 Å². The molecule has 3 aliphatic heterocycles. The van der Waals surface area contributed by atoms with Gasteiger partial charge in [-0.3, -0.25) is 4.68 Å². The lowest BCUT2D eigenvalue weighted by Crippen LogP contribution is -2.48. The molecule has 6 nitrogen and oxygen atoms in total. The van der Waals surface area contributed by atoms with Crippen LogP contribution in [0.5, 0.6) is 0 Å². The predicted octanol–water partition coefficient (Wildman–Crippen LogP) is 2.83. The zero-order valence-corrected chi connectivity index (χ0v) is 14.2. The molecule has 2 aromatic rings. The molecule has 4 heterocycles. The molecule has 3 fully saturated rings. The molecule has 3 aliphatic rings. The van der Waals surface area contributed by atoms with Crippen molar-refractivity contribution in [3.05, 3.63) is 24.4 Å². The summed E-state index contributed by atoms with van der Waals surface area (Å²) in [4.78, 5) is 14.3. The minimum Gasteiger partial charge on any atom is -0.338 e. The zero-order chi connectivity index (χ0) is 16.5. The molecule has 128 valence electrons. The van der Waals surface area contributed by atoms with Crippen LogP contribution in [0.2, 0.25) is 0 Å². The Kier molecular flexibility index (Phi) is 4.14. The van der Waals surface area contributed by atoms with Gasteiger partial charge < -0.3 is 15.5 Å². The summed E-state index contributed by atoms with van der Waals surface area (Å²) in [6.07, 6.45) is 5.41. The van der Waals surface area contributed by atoms with Gasteiger partial charge in [-0.15, -0.1) is 0 Å². The highest BCUT2D eigenvalue weighted by atomic mass is 16.2. The van der Waals surface area contributed by atoms with Crippen molar-refractivity contribution in [2.45, 2.75) is 32.2 Å². The number of nitrogens with zero attached hydrogens (tertiary/aromatic N) is 3. The number of hydrogen-bond donors (Lipinski definition) is 2. The van der Waals surface area contributed by atoms with Crippen LogP contribution >= 0.6 is 0 Å². The summed E-state index contributed by atoms with van der Waals surface area (Å²) in [7, 11) is 0. The van der Waals surface area contributed by atoms with E-state index >= 15 is 0 Å². The Hall–Kier alpha value is -2.08. The van der Waals surface area contributed by atoms with E-state index in [0.29, 0.717) is 12.6 Å². The molecule has 1 aromatic heterocycles. The standard InChI is InChI=1S/C18H25N5O/c1-2-7-19-18(24)21-15-3-4-16-14(10-15)11-20-23(16)17-12-22-8-5-13(17)6-9-22/h3-4,10-11,13,17H,2,5-9,12H2,1H3,(H2,19,21,24)/t17-/m1/s1. The second-order valence-electron chi connectivity index (χ2n) is 6.95. The Balaban J connectivity index is 1.54. The van der Waals surface area contributed by atoms with Crippen LogP contribution in [0, 0.1) is 5.92 Å². The largest absolute Gasteiger partial charge is 0.338 e. The Labute approximate surface area is 142 Å². The number of aromatic nitrogens is 2. The fourth-order valence-corrected chi connectivity index (χ4v) is 4.02. The number of nitrogens with one attached hydrogen (secondary N) is 2. The van der Waals surface area contributed by atoms with Gasteiger partial charge in [0.25, 0.3) is 0 Å². The van der Waals surface area contributed by atoms with Gasteiger partial charge in [0.05, 0.1) is 17.8 Å². The molecular weight excluding hydrogens is 302 g/mol. The summed E-state index contributed by atoms with van der Waals surface area (Å²) in [5.74, 6) is 0.746. The summed E-state index contributed by atoms with van der Waals surface area (Å²) in [6, 6.07) is 6.38. The van der Waals surface area contributed by atoms with Crippen molar-refractivity contribution >= 4 is 22.6 Å². The molecule has 0 unspecified atom stereocenters. The Bertz CT molecular complexity index is 732. The van der Waals surface area contributed by atoms with Gasteiger partial charge in [0, 0.05) is 24.2 Å². The average molecular weight is 327 g/mol. The first-order valence-electron chi connectivity index (χ1n) is 8.99. The van der Waals surface area contributed by atoms with Crippen molar-refractivity contribution in [3.8, 4) is 0 Å². The summed E-state index contributed by atoms with van der Waals surface area (Å²) in [5.41, 5.74) is 1.97. The number of fused-ring (bicyclic) bond motifs is 4. The number of amides is 2. The lowest BCUT2D eigenvalue weighted by atomic mass is 9.84. The molecule has 0 aliphatic carbocycles. The van der Waals surface area contributed by atoms with Crippen LogP contribution in [-0.4, -0.2) is 46.9 Å². The predicted molar refractivity (Wildman–Crippen MR) is 95.2 cm³/mol. The van der Waals surface area contributed by atoms with E-state index in [1.807, 2.05) is 25.3 Å². The van der Waals surface area contributed by atoms with Crippen molar-refractivity contribution in [1.82, 2.24) is 20.0 Å². The SMILES string of the molecule is CCCNC(=O)Nc1ccc2c(cnn2[C@@H]2CN3CCC2CC3)c1. The fourth-order valence-electron chi connectivity index (χ4n) is 4.02. The molecule has 5 rings (SSSR count). The van der Waals surface area contributed by atoms with Gasteiger partial charge in [-0.25, -0.2) is 4.79 Å². The summed E-state index contributed by atoms with van der Waals surface area (Å²) in [6.45, 7) is 6.31. The maximum atomic E-state index is 11.8. The van der Waals surface area contributed by atoms with E-state index in [9.17, 15) is 4.79 Å². The minimum atomic E-state index is -0.152. The van der Waals surface area contributed by atoms with Gasteiger partial charge >= 0.3 is 6.03 Å². The highest BCUT2D eigenvalue weighted by Crippen LogP contribution is 2.37. The fraction of sp³-hybridized carbons (Fsp3) is 0.556. The van der Waals surface area contributed by atoms with E-state index in [1.165, 1.54) is 25.9 Å². The summed E-state index contributed by atoms with van der Waals surface area (Å²) in [5, 5.41) is 11.5. The quantitative estimate of drug-likeness (QED) is 0.908. The van der Waals surface area contributed by atoms with Crippen LogP contribution < -0.4 is 10.6 Å². The number of carbonyl (C=O) groups excluding carboxylic acids is 1. The lowest BCUT2D eigenvalue weighted by Gasteiger charge is -2.44. The van der Waals surface area contributed by atoms with Crippen molar-refractivity contribution in [3.63, 3.8) is 0 Å². The van der Waals surface area contributed by atoms with Crippen LogP contribution in [0.1, 0.15) is 32.2 Å². The van der Waals surface area contributed by atoms with Crippen molar-refractivity contribution in [1.29, 1.82) is 0 Å². The lowest BCUT2D eigenvalue weighted by molar-refractivity contribution is 0.0534. The highest BCUT2D eigenvalue weighted by molar-refractivity contribution is 5.92. The molecular formula is C18H25N5O. The molecule has 2 N–H and O–H groups in total. The zero-order valence-electron chi connectivity index (χ0n) is 14.2. The van der Waals surface area contributed by atoms with Gasteiger partial charge in [-0.1, -0.05) is 6.92 Å². The topological polar surface area (TPSA) is 62.2 Å². The number of anilines is 1. The van der Waals surface area contributed by atoms with Crippen LogP contribution in [0.15, 0.2) is 24.4 Å². The van der Waals surface area contributed by atoms with Gasteiger partial charge in [0.1, 0.15) is 0 Å². The number of piperidine rings is 3. The van der Waals surface area contributed by atoms with E-state index < -0.39 is 0 Å². The van der Waals surface area contributed by atoms with Crippen LogP contribution in [0.25, 0.3) is 10.9 Å². The van der Waals surface area contributed by atoms with Gasteiger partial charge in [0.2, 0.25) is 0 Å². The second-order valence-corrected chi connectivity index (χ2v) is 6.95. The van der Waals surface area contributed by atoms with E-state index in [4.69, 9.17) is 0 Å². The Morgan fingerprint density at radius 3 is 2.88 bits per heavy atom. The minimum absolute atomic E-state index is 0.152. The average Bonchev–Trinajstić information content (AvgIpc) is 3.04. The summed E-state index contributed by atoms with van der Waals surface area (Å²) >= 11 is 0. The van der Waals surface area contributed by atoms with E-state index in [-0.39, 0.29) is 6.03 Å². The van der Waals surface area contributed by atoms with Crippen LogP contribution in [0.4, 0.5) is 10.5 Å². The maximum Gasteiger partial charge on any atom is 0.319 e. The molecule has 0 saturated carbocycles. The number of carbonyl (C=O) groups is 1. The van der Waals surface area contributed by atoms with Crippen molar-refractivity contribution in [2.24, 2.45) is 5.92 Å². The number of benzene rings is 1. The maximum absolute atomic E-state index is 11.8. The number of hydrogen-bond acceptors (Lipinski definition) is 3. The third kappa shape index (κ3) is 2.86. The summed E-state index contributed by atoms with van der Waals surface area (Å²) < 4.78 is 2.20. The molecule has 24 heavy (non-hydrogen) atoms. The van der Waals surface area contributed by atoms with E-state index in [2.05, 4.69) is 31.4 Å². The molecule has 2 bridgehead atoms. The monoisotopic (exact) mass is 327 g/mol. The van der Waals surface area contributed by atoms with Gasteiger partial charge in [0.15, 0.2) is 0 Å². The molecule has 1 atom stereocenters. The number of rotatable bonds is 4.